The molecule has 0 aliphatic carbocycles. The molecule has 1 N–H and O–H groups in total. The molecule has 0 amide bonds. The van der Waals surface area contributed by atoms with Crippen molar-refractivity contribution in [1.29, 1.82) is 0 Å². The van der Waals surface area contributed by atoms with Crippen LogP contribution in [0.4, 0.5) is 11.4 Å². The third-order valence-electron chi connectivity index (χ3n) is 2.77. The van der Waals surface area contributed by atoms with Crippen molar-refractivity contribution in [2.45, 2.75) is 0 Å². The fourth-order valence-electron chi connectivity index (χ4n) is 1.77. The Morgan fingerprint density at radius 1 is 0.619 bits per heavy atom. The fraction of sp³-hybridized carbons (Fsp3) is 0. The van der Waals surface area contributed by atoms with Crippen molar-refractivity contribution in [2.75, 3.05) is 3.99 Å². The summed E-state index contributed by atoms with van der Waals surface area (Å²) < 4.78 is 9.93. The molecule has 0 aromatic heterocycles. The molecule has 0 aliphatic rings. The second-order valence-electron chi connectivity index (χ2n) is 4.36. The zero-order chi connectivity index (χ0) is 14.3. The quantitative estimate of drug-likeness (QED) is 0.621. The van der Waals surface area contributed by atoms with Gasteiger partial charge in [-0.2, -0.15) is 0 Å². The van der Waals surface area contributed by atoms with Gasteiger partial charge in [0.2, 0.25) is 0 Å². The molecule has 107 valence electrons. The van der Waals surface area contributed by atoms with Crippen molar-refractivity contribution in [3.63, 3.8) is 0 Å². The van der Waals surface area contributed by atoms with Crippen LogP contribution in [-0.2, 0) is 16.5 Å². The Balaban J connectivity index is 1.97. The molecule has 2 nitrogen and oxygen atoms in total. The van der Waals surface area contributed by atoms with Gasteiger partial charge in [0.1, 0.15) is 0 Å². The van der Waals surface area contributed by atoms with Crippen LogP contribution >= 0.6 is 0 Å². The molecule has 0 fully saturated rings. The Morgan fingerprint density at radius 3 is 1.76 bits per heavy atom. The van der Waals surface area contributed by atoms with Gasteiger partial charge in [0, 0.05) is 0 Å². The zero-order valence-corrected chi connectivity index (χ0v) is 13.8. The minimum atomic E-state index is -1.98. The summed E-state index contributed by atoms with van der Waals surface area (Å²) in [6.07, 6.45) is 0. The van der Waals surface area contributed by atoms with Crippen molar-refractivity contribution in [2.24, 2.45) is 3.61 Å². The Bertz CT molecular complexity index is 710. The van der Waals surface area contributed by atoms with E-state index in [-0.39, 0.29) is 0 Å². The molecule has 0 aliphatic heterocycles. The number of benzene rings is 3. The number of hydrogen-bond donors (Lipinski definition) is 1. The van der Waals surface area contributed by atoms with Crippen molar-refractivity contribution >= 4 is 15.5 Å². The Morgan fingerprint density at radius 2 is 1.14 bits per heavy atom. The number of hydrogen-bond acceptors (Lipinski definition) is 1. The van der Waals surface area contributed by atoms with Gasteiger partial charge in [0.15, 0.2) is 0 Å². The van der Waals surface area contributed by atoms with Crippen LogP contribution in [0.3, 0.4) is 0 Å². The molecule has 0 unspecified atom stereocenters. The van der Waals surface area contributed by atoms with Crippen LogP contribution in [-0.4, -0.2) is 0 Å². The Kier molecular flexibility index (Phi) is 4.67. The van der Waals surface area contributed by atoms with Gasteiger partial charge < -0.3 is 0 Å². The van der Waals surface area contributed by atoms with E-state index in [4.69, 9.17) is 3.61 Å². The molecule has 0 radical (unpaired) electrons. The van der Waals surface area contributed by atoms with E-state index < -0.39 is 16.5 Å². The first-order valence-electron chi connectivity index (χ1n) is 6.69. The molecule has 3 rings (SSSR count). The minimum absolute atomic E-state index is 1.04. The van der Waals surface area contributed by atoms with Crippen molar-refractivity contribution in [1.82, 2.24) is 0 Å². The summed E-state index contributed by atoms with van der Waals surface area (Å²) in [5, 5.41) is 0. The molecule has 0 saturated carbocycles. The van der Waals surface area contributed by atoms with E-state index in [9.17, 15) is 0 Å². The fourth-order valence-corrected chi connectivity index (χ4v) is 5.81. The summed E-state index contributed by atoms with van der Waals surface area (Å²) in [6, 6.07) is 31.0. The summed E-state index contributed by atoms with van der Waals surface area (Å²) >= 11 is -1.98. The predicted molar refractivity (Wildman–Crippen MR) is 84.7 cm³/mol. The molecule has 21 heavy (non-hydrogen) atoms. The monoisotopic (exact) mass is 453 g/mol. The number of rotatable bonds is 4. The molecule has 3 heteroatoms. The molecular weight excluding hydrogens is 436 g/mol. The third kappa shape index (κ3) is 3.94. The zero-order valence-electron chi connectivity index (χ0n) is 11.4. The maximum absolute atomic E-state index is 4.98. The Labute approximate surface area is 130 Å². The van der Waals surface area contributed by atoms with Crippen LogP contribution in [0.25, 0.3) is 0 Å². The van der Waals surface area contributed by atoms with Gasteiger partial charge in [0.25, 0.3) is 0 Å². The van der Waals surface area contributed by atoms with Gasteiger partial charge in [0.05, 0.1) is 0 Å². The molecule has 0 saturated heterocycles. The molecule has 3 aromatic carbocycles. The first-order chi connectivity index (χ1) is 10.4. The number of anilines is 1. The molecule has 0 bridgehead atoms. The SMILES string of the molecule is c1ccc([N]=[Ir]([NH]c2ccccc2)[c]2ccccc2)cc1. The number of nitrogens with one attached hydrogen (secondary N) is 1. The average Bonchev–Trinajstić information content (AvgIpc) is 2.57. The molecular formula is C18H16IrN2. The van der Waals surface area contributed by atoms with E-state index in [1.807, 2.05) is 42.5 Å². The first kappa shape index (κ1) is 13.9. The second-order valence-corrected chi connectivity index (χ2v) is 8.55. The summed E-state index contributed by atoms with van der Waals surface area (Å²) in [5.74, 6) is 0. The van der Waals surface area contributed by atoms with Gasteiger partial charge >= 0.3 is 131 Å². The van der Waals surface area contributed by atoms with E-state index in [2.05, 4.69) is 52.5 Å². The number of nitrogens with zero attached hydrogens (tertiary/aromatic N) is 1. The van der Waals surface area contributed by atoms with E-state index in [1.165, 1.54) is 4.08 Å². The molecule has 0 spiro atoms. The van der Waals surface area contributed by atoms with Crippen molar-refractivity contribution < 1.29 is 16.5 Å². The summed E-state index contributed by atoms with van der Waals surface area (Å²) in [7, 11) is 0. The average molecular weight is 453 g/mol. The van der Waals surface area contributed by atoms with Gasteiger partial charge in [-0.3, -0.25) is 0 Å². The topological polar surface area (TPSA) is 24.4 Å². The van der Waals surface area contributed by atoms with E-state index in [1.54, 1.807) is 0 Å². The first-order valence-corrected chi connectivity index (χ1v) is 10.2. The predicted octanol–water partition coefficient (Wildman–Crippen LogP) is 4.47. The van der Waals surface area contributed by atoms with E-state index in [0.717, 1.165) is 11.4 Å². The van der Waals surface area contributed by atoms with Crippen LogP contribution in [0.5, 0.6) is 0 Å². The maximum atomic E-state index is 4.98. The van der Waals surface area contributed by atoms with Gasteiger partial charge in [-0.1, -0.05) is 0 Å². The Hall–Kier alpha value is -2.09. The summed E-state index contributed by atoms with van der Waals surface area (Å²) in [6.45, 7) is 0. The number of para-hydroxylation sites is 1. The normalized spacial score (nSPS) is 12.9. The third-order valence-corrected chi connectivity index (χ3v) is 7.29. The second kappa shape index (κ2) is 7.07. The van der Waals surface area contributed by atoms with Gasteiger partial charge in [-0.25, -0.2) is 0 Å². The van der Waals surface area contributed by atoms with Gasteiger partial charge in [-0.05, 0) is 0 Å². The molecule has 0 atom stereocenters. The van der Waals surface area contributed by atoms with Crippen LogP contribution in [0.1, 0.15) is 0 Å². The van der Waals surface area contributed by atoms with Gasteiger partial charge in [-0.15, -0.1) is 0 Å². The summed E-state index contributed by atoms with van der Waals surface area (Å²) in [4.78, 5) is 0. The van der Waals surface area contributed by atoms with Crippen LogP contribution < -0.4 is 8.06 Å². The van der Waals surface area contributed by atoms with Crippen LogP contribution in [0.2, 0.25) is 0 Å². The molecule has 0 heterocycles. The van der Waals surface area contributed by atoms with Crippen molar-refractivity contribution in [3.05, 3.63) is 91.0 Å². The standard InChI is InChI=1S/C6H6N.C6H5N.C6H5.Ir/c2*7-6-4-2-1-3-5-6;1-2-4-6-5-3-1;/h1-5,7H;1-5H;1-5H;/q-1;;;+1. The molecule has 3 aromatic rings. The van der Waals surface area contributed by atoms with Crippen LogP contribution in [0, 0.1) is 0 Å². The summed E-state index contributed by atoms with van der Waals surface area (Å²) in [5.41, 5.74) is 2.18. The van der Waals surface area contributed by atoms with E-state index in [0.29, 0.717) is 0 Å². The van der Waals surface area contributed by atoms with Crippen molar-refractivity contribution in [3.8, 4) is 0 Å². The van der Waals surface area contributed by atoms with E-state index >= 15 is 0 Å². The van der Waals surface area contributed by atoms with Crippen LogP contribution in [0.15, 0.2) is 94.6 Å².